The fourth-order valence-corrected chi connectivity index (χ4v) is 4.85. The summed E-state index contributed by atoms with van der Waals surface area (Å²) < 4.78 is 7.36. The van der Waals surface area contributed by atoms with Crippen LogP contribution in [0.3, 0.4) is 0 Å². The van der Waals surface area contributed by atoms with Gasteiger partial charge < -0.3 is 9.84 Å². The van der Waals surface area contributed by atoms with Crippen molar-refractivity contribution in [3.05, 3.63) is 53.0 Å². The van der Waals surface area contributed by atoms with Gasteiger partial charge in [0.25, 0.3) is 0 Å². The Bertz CT molecular complexity index is 1080. The smallest absolute Gasteiger partial charge is 0.162 e. The summed E-state index contributed by atoms with van der Waals surface area (Å²) in [6.45, 7) is 7.27. The number of aromatic nitrogens is 3. The number of nitrogens with zero attached hydrogens (tertiary/aromatic N) is 4. The van der Waals surface area contributed by atoms with E-state index in [-0.39, 0.29) is 11.2 Å². The second kappa shape index (κ2) is 6.46. The highest BCUT2D eigenvalue weighted by Gasteiger charge is 2.41. The molecular weight excluding hydrogens is 364 g/mol. The topological polar surface area (TPSA) is 62.9 Å². The summed E-state index contributed by atoms with van der Waals surface area (Å²) in [7, 11) is 1.59. The molecule has 2 aliphatic heterocycles. The second-order valence-electron chi connectivity index (χ2n) is 9.30. The number of benzene rings is 1. The van der Waals surface area contributed by atoms with Crippen LogP contribution in [-0.2, 0) is 18.4 Å². The molecule has 2 bridgehead atoms. The molecule has 0 saturated carbocycles. The fourth-order valence-electron chi connectivity index (χ4n) is 4.85. The highest BCUT2D eigenvalue weighted by atomic mass is 16.5. The number of ether oxygens (including phenoxy) is 1. The molecule has 0 aliphatic carbocycles. The van der Waals surface area contributed by atoms with E-state index < -0.39 is 0 Å². The average Bonchev–Trinajstić information content (AvgIpc) is 3.24. The van der Waals surface area contributed by atoms with Crippen molar-refractivity contribution < 1.29 is 9.84 Å². The van der Waals surface area contributed by atoms with Gasteiger partial charge in [-0.05, 0) is 18.9 Å². The molecule has 0 amide bonds. The van der Waals surface area contributed by atoms with Gasteiger partial charge in [0, 0.05) is 53.9 Å². The molecule has 5 rings (SSSR count). The van der Waals surface area contributed by atoms with Gasteiger partial charge in [0.1, 0.15) is 0 Å². The van der Waals surface area contributed by atoms with Crippen molar-refractivity contribution >= 4 is 5.65 Å². The number of methoxy groups -OCH3 is 1. The van der Waals surface area contributed by atoms with E-state index in [1.807, 2.05) is 18.3 Å². The molecule has 6 nitrogen and oxygen atoms in total. The number of hydrogen-bond acceptors (Lipinski definition) is 5. The molecule has 1 saturated heterocycles. The number of phenolic OH excluding ortho intramolecular Hbond substituents is 1. The molecule has 1 fully saturated rings. The van der Waals surface area contributed by atoms with Crippen LogP contribution in [0.1, 0.15) is 62.2 Å². The van der Waals surface area contributed by atoms with Gasteiger partial charge in [-0.3, -0.25) is 4.90 Å². The normalized spacial score (nSPS) is 21.5. The van der Waals surface area contributed by atoms with Crippen LogP contribution in [-0.4, -0.2) is 37.8 Å². The predicted octanol–water partition coefficient (Wildman–Crippen LogP) is 4.00. The lowest BCUT2D eigenvalue weighted by Crippen LogP contribution is -2.38. The lowest BCUT2D eigenvalue weighted by atomic mass is 9.93. The Kier molecular flexibility index (Phi) is 4.10. The molecule has 2 aromatic heterocycles. The Morgan fingerprint density at radius 1 is 1.24 bits per heavy atom. The van der Waals surface area contributed by atoms with Crippen molar-refractivity contribution in [2.24, 2.45) is 0 Å². The molecular formula is C23H28N4O2. The van der Waals surface area contributed by atoms with Gasteiger partial charge in [-0.25, -0.2) is 9.50 Å². The van der Waals surface area contributed by atoms with Crippen LogP contribution in [0.2, 0.25) is 0 Å². The van der Waals surface area contributed by atoms with Crippen molar-refractivity contribution in [2.75, 3.05) is 7.11 Å². The summed E-state index contributed by atoms with van der Waals surface area (Å²) >= 11 is 0. The molecule has 0 unspecified atom stereocenters. The van der Waals surface area contributed by atoms with Crippen LogP contribution < -0.4 is 4.74 Å². The van der Waals surface area contributed by atoms with Gasteiger partial charge >= 0.3 is 0 Å². The Balaban J connectivity index is 1.52. The maximum absolute atomic E-state index is 10.5. The molecule has 6 heteroatoms. The Morgan fingerprint density at radius 2 is 2.07 bits per heavy atom. The van der Waals surface area contributed by atoms with E-state index in [4.69, 9.17) is 14.8 Å². The molecule has 0 spiro atoms. The van der Waals surface area contributed by atoms with Crippen LogP contribution in [0.15, 0.2) is 30.5 Å². The van der Waals surface area contributed by atoms with Crippen LogP contribution in [0.5, 0.6) is 11.5 Å². The third kappa shape index (κ3) is 2.89. The number of rotatable bonds is 3. The van der Waals surface area contributed by atoms with Gasteiger partial charge in [-0.15, -0.1) is 0 Å². The largest absolute Gasteiger partial charge is 0.504 e. The van der Waals surface area contributed by atoms with Crippen molar-refractivity contribution in [2.45, 2.75) is 64.1 Å². The fraction of sp³-hybridized carbons (Fsp3) is 0.478. The van der Waals surface area contributed by atoms with Crippen LogP contribution in [0.4, 0.5) is 0 Å². The SMILES string of the molecule is COc1cccc(CN2[C@@H]3CC[C@@H]2c2cnc4cc(C(C)(C)C)nn4c2C3)c1O. The van der Waals surface area contributed by atoms with Gasteiger partial charge in [-0.2, -0.15) is 5.10 Å². The standard InChI is InChI=1S/C23H28N4O2/c1-23(2,3)20-11-21-24-12-16-17-9-8-15(10-18(16)27(21)25-20)26(17)13-14-6-5-7-19(29-4)22(14)28/h5-7,11-12,15,17,28H,8-10,13H2,1-4H3/t15-,17-/m1/s1. The monoisotopic (exact) mass is 392 g/mol. The first-order valence-electron chi connectivity index (χ1n) is 10.4. The highest BCUT2D eigenvalue weighted by molar-refractivity contribution is 5.47. The third-order valence-electron chi connectivity index (χ3n) is 6.47. The lowest BCUT2D eigenvalue weighted by molar-refractivity contribution is 0.163. The highest BCUT2D eigenvalue weighted by Crippen LogP contribution is 2.45. The van der Waals surface area contributed by atoms with Gasteiger partial charge in [-0.1, -0.05) is 32.9 Å². The quantitative estimate of drug-likeness (QED) is 0.730. The third-order valence-corrected chi connectivity index (χ3v) is 6.47. The zero-order chi connectivity index (χ0) is 20.3. The summed E-state index contributed by atoms with van der Waals surface area (Å²) in [5, 5.41) is 15.5. The number of fused-ring (bicyclic) bond motifs is 6. The van der Waals surface area contributed by atoms with Crippen LogP contribution in [0, 0.1) is 0 Å². The van der Waals surface area contributed by atoms with E-state index in [1.54, 1.807) is 13.2 Å². The molecule has 1 aromatic carbocycles. The van der Waals surface area contributed by atoms with E-state index in [0.29, 0.717) is 24.4 Å². The zero-order valence-corrected chi connectivity index (χ0v) is 17.5. The van der Waals surface area contributed by atoms with Crippen molar-refractivity contribution in [3.8, 4) is 11.5 Å². The van der Waals surface area contributed by atoms with Gasteiger partial charge in [0.05, 0.1) is 18.5 Å². The van der Waals surface area contributed by atoms with E-state index in [1.165, 1.54) is 11.3 Å². The molecule has 0 radical (unpaired) electrons. The van der Waals surface area contributed by atoms with E-state index in [2.05, 4.69) is 36.3 Å². The number of aromatic hydroxyl groups is 1. The summed E-state index contributed by atoms with van der Waals surface area (Å²) in [5.41, 5.74) is 5.50. The second-order valence-corrected chi connectivity index (χ2v) is 9.30. The van der Waals surface area contributed by atoms with Crippen molar-refractivity contribution in [1.82, 2.24) is 19.5 Å². The average molecular weight is 393 g/mol. The van der Waals surface area contributed by atoms with E-state index in [9.17, 15) is 5.11 Å². The number of phenols is 1. The number of hydrogen-bond donors (Lipinski definition) is 1. The van der Waals surface area contributed by atoms with Crippen molar-refractivity contribution in [3.63, 3.8) is 0 Å². The zero-order valence-electron chi connectivity index (χ0n) is 17.5. The first-order valence-corrected chi connectivity index (χ1v) is 10.4. The maximum atomic E-state index is 10.5. The molecule has 152 valence electrons. The molecule has 3 aromatic rings. The molecule has 4 heterocycles. The Hall–Kier alpha value is -2.60. The summed E-state index contributed by atoms with van der Waals surface area (Å²) in [4.78, 5) is 7.25. The first-order chi connectivity index (χ1) is 13.9. The van der Waals surface area contributed by atoms with Crippen molar-refractivity contribution in [1.29, 1.82) is 0 Å². The summed E-state index contributed by atoms with van der Waals surface area (Å²) in [6, 6.07) is 8.60. The van der Waals surface area contributed by atoms with Crippen LogP contribution >= 0.6 is 0 Å². The van der Waals surface area contributed by atoms with E-state index in [0.717, 1.165) is 36.2 Å². The lowest BCUT2D eigenvalue weighted by Gasteiger charge is -2.36. The predicted molar refractivity (Wildman–Crippen MR) is 111 cm³/mol. The first kappa shape index (κ1) is 18.4. The molecule has 1 N–H and O–H groups in total. The minimum absolute atomic E-state index is 0.00413. The minimum Gasteiger partial charge on any atom is -0.504 e. The summed E-state index contributed by atoms with van der Waals surface area (Å²) in [6.07, 6.45) is 5.27. The van der Waals surface area contributed by atoms with Crippen LogP contribution in [0.25, 0.3) is 5.65 Å². The summed E-state index contributed by atoms with van der Waals surface area (Å²) in [5.74, 6) is 0.776. The molecule has 2 aliphatic rings. The van der Waals surface area contributed by atoms with Gasteiger partial charge in [0.2, 0.25) is 0 Å². The molecule has 29 heavy (non-hydrogen) atoms. The van der Waals surface area contributed by atoms with Gasteiger partial charge in [0.15, 0.2) is 17.1 Å². The molecule has 2 atom stereocenters. The maximum Gasteiger partial charge on any atom is 0.162 e. The number of para-hydroxylation sites is 1. The minimum atomic E-state index is 0.00413. The van der Waals surface area contributed by atoms with E-state index >= 15 is 0 Å². The Morgan fingerprint density at radius 3 is 2.83 bits per heavy atom. The Labute approximate surface area is 171 Å².